The number of hydrogen-bond donors (Lipinski definition) is 2. The molecule has 0 radical (unpaired) electrons. The van der Waals surface area contributed by atoms with Crippen LogP contribution < -0.4 is 5.32 Å². The quantitative estimate of drug-likeness (QED) is 0.799. The number of aliphatic carboxylic acids is 1. The third kappa shape index (κ3) is 3.90. The summed E-state index contributed by atoms with van der Waals surface area (Å²) in [4.78, 5) is 24.3. The zero-order valence-electron chi connectivity index (χ0n) is 14.6. The molecule has 1 fully saturated rings. The average Bonchev–Trinajstić information content (AvgIpc) is 2.83. The summed E-state index contributed by atoms with van der Waals surface area (Å²) >= 11 is 6.03. The molecular formula is C19H22ClN3O3. The van der Waals surface area contributed by atoms with E-state index in [0.29, 0.717) is 29.1 Å². The van der Waals surface area contributed by atoms with Crippen molar-refractivity contribution in [3.8, 4) is 5.69 Å². The number of hydrogen-bond acceptors (Lipinski definition) is 3. The molecule has 2 aromatic rings. The lowest BCUT2D eigenvalue weighted by molar-refractivity contribution is -0.142. The molecule has 138 valence electrons. The molecule has 1 aliphatic rings. The van der Waals surface area contributed by atoms with E-state index in [0.717, 1.165) is 24.9 Å². The Morgan fingerprint density at radius 3 is 2.77 bits per heavy atom. The molecule has 2 atom stereocenters. The minimum absolute atomic E-state index is 0.283. The molecule has 2 N–H and O–H groups in total. The van der Waals surface area contributed by atoms with Crippen molar-refractivity contribution in [3.63, 3.8) is 0 Å². The van der Waals surface area contributed by atoms with Gasteiger partial charge in [-0.05, 0) is 38.0 Å². The molecule has 1 aromatic carbocycles. The molecule has 0 unspecified atom stereocenters. The fourth-order valence-electron chi connectivity index (χ4n) is 3.52. The fraction of sp³-hybridized carbons (Fsp3) is 0.421. The Kier molecular flexibility index (Phi) is 5.61. The van der Waals surface area contributed by atoms with Crippen LogP contribution in [0.3, 0.4) is 0 Å². The van der Waals surface area contributed by atoms with E-state index in [1.165, 1.54) is 6.20 Å². The van der Waals surface area contributed by atoms with Crippen molar-refractivity contribution in [3.05, 3.63) is 46.7 Å². The molecule has 26 heavy (non-hydrogen) atoms. The maximum Gasteiger partial charge on any atom is 0.308 e. The van der Waals surface area contributed by atoms with Gasteiger partial charge in [-0.1, -0.05) is 36.9 Å². The van der Waals surface area contributed by atoms with Gasteiger partial charge < -0.3 is 10.4 Å². The molecule has 7 heteroatoms. The zero-order chi connectivity index (χ0) is 18.7. The highest BCUT2D eigenvalue weighted by molar-refractivity contribution is 6.30. The average molecular weight is 376 g/mol. The number of carboxylic acids is 1. The first-order valence-electron chi connectivity index (χ1n) is 8.81. The Morgan fingerprint density at radius 2 is 2.04 bits per heavy atom. The molecule has 1 heterocycles. The monoisotopic (exact) mass is 375 g/mol. The van der Waals surface area contributed by atoms with Gasteiger partial charge >= 0.3 is 5.97 Å². The molecule has 0 spiro atoms. The van der Waals surface area contributed by atoms with E-state index in [9.17, 15) is 14.7 Å². The van der Waals surface area contributed by atoms with E-state index >= 15 is 0 Å². The summed E-state index contributed by atoms with van der Waals surface area (Å²) in [5.41, 5.74) is 1.90. The normalized spacial score (nSPS) is 20.4. The van der Waals surface area contributed by atoms with Crippen LogP contribution in [0.15, 0.2) is 30.5 Å². The Balaban J connectivity index is 1.81. The van der Waals surface area contributed by atoms with E-state index in [1.807, 2.05) is 19.1 Å². The van der Waals surface area contributed by atoms with Gasteiger partial charge in [0.05, 0.1) is 29.1 Å². The largest absolute Gasteiger partial charge is 0.481 e. The smallest absolute Gasteiger partial charge is 0.308 e. The van der Waals surface area contributed by atoms with Gasteiger partial charge in [0.25, 0.3) is 5.91 Å². The number of carbonyl (C=O) groups is 2. The van der Waals surface area contributed by atoms with Crippen LogP contribution in [-0.2, 0) is 4.79 Å². The number of amides is 1. The van der Waals surface area contributed by atoms with Crippen LogP contribution in [0, 0.1) is 12.8 Å². The summed E-state index contributed by atoms with van der Waals surface area (Å²) in [6, 6.07) is 6.88. The van der Waals surface area contributed by atoms with E-state index in [2.05, 4.69) is 10.4 Å². The highest BCUT2D eigenvalue weighted by atomic mass is 35.5. The lowest BCUT2D eigenvalue weighted by Crippen LogP contribution is -2.43. The van der Waals surface area contributed by atoms with Gasteiger partial charge in [0.2, 0.25) is 0 Å². The number of halogens is 1. The highest BCUT2D eigenvalue weighted by Gasteiger charge is 2.31. The van der Waals surface area contributed by atoms with Crippen molar-refractivity contribution in [2.45, 2.75) is 45.1 Å². The number of rotatable bonds is 4. The SMILES string of the molecule is Cc1c(C(=O)N[C@H]2CCCCC[C@H]2C(=O)O)cnn1-c1cccc(Cl)c1. The first kappa shape index (κ1) is 18.5. The van der Waals surface area contributed by atoms with Crippen LogP contribution in [0.4, 0.5) is 0 Å². The van der Waals surface area contributed by atoms with Crippen LogP contribution in [0.5, 0.6) is 0 Å². The van der Waals surface area contributed by atoms with Crippen molar-refractivity contribution < 1.29 is 14.7 Å². The Labute approximate surface area is 157 Å². The number of carboxylic acid groups (broad SMARTS) is 1. The lowest BCUT2D eigenvalue weighted by Gasteiger charge is -2.22. The number of nitrogens with one attached hydrogen (secondary N) is 1. The van der Waals surface area contributed by atoms with Gasteiger partial charge in [0.15, 0.2) is 0 Å². The zero-order valence-corrected chi connectivity index (χ0v) is 15.4. The van der Waals surface area contributed by atoms with Crippen molar-refractivity contribution >= 4 is 23.5 Å². The topological polar surface area (TPSA) is 84.2 Å². The second-order valence-electron chi connectivity index (χ2n) is 6.70. The second-order valence-corrected chi connectivity index (χ2v) is 7.13. The van der Waals surface area contributed by atoms with Crippen LogP contribution >= 0.6 is 11.6 Å². The van der Waals surface area contributed by atoms with Gasteiger partial charge in [0.1, 0.15) is 0 Å². The Morgan fingerprint density at radius 1 is 1.27 bits per heavy atom. The third-order valence-corrected chi connectivity index (χ3v) is 5.19. The molecule has 3 rings (SSSR count). The predicted molar refractivity (Wildman–Crippen MR) is 98.8 cm³/mol. The molecule has 0 bridgehead atoms. The van der Waals surface area contributed by atoms with E-state index in [4.69, 9.17) is 11.6 Å². The van der Waals surface area contributed by atoms with Crippen LogP contribution in [0.25, 0.3) is 5.69 Å². The highest BCUT2D eigenvalue weighted by Crippen LogP contribution is 2.25. The molecule has 6 nitrogen and oxygen atoms in total. The summed E-state index contributed by atoms with van der Waals surface area (Å²) in [6.45, 7) is 1.81. The van der Waals surface area contributed by atoms with Gasteiger partial charge in [-0.25, -0.2) is 4.68 Å². The molecular weight excluding hydrogens is 354 g/mol. The van der Waals surface area contributed by atoms with Crippen LogP contribution in [0.1, 0.15) is 48.2 Å². The molecule has 1 amide bonds. The maximum atomic E-state index is 12.7. The molecule has 1 aliphatic carbocycles. The summed E-state index contributed by atoms with van der Waals surface area (Å²) in [5.74, 6) is -1.66. The summed E-state index contributed by atoms with van der Waals surface area (Å²) in [5, 5.41) is 17.3. The van der Waals surface area contributed by atoms with Crippen molar-refractivity contribution in [1.82, 2.24) is 15.1 Å². The van der Waals surface area contributed by atoms with Gasteiger partial charge in [-0.3, -0.25) is 9.59 Å². The number of benzene rings is 1. The van der Waals surface area contributed by atoms with Crippen molar-refractivity contribution in [2.75, 3.05) is 0 Å². The number of carbonyl (C=O) groups excluding carboxylic acids is 1. The lowest BCUT2D eigenvalue weighted by atomic mass is 9.94. The van der Waals surface area contributed by atoms with Crippen LogP contribution in [-0.4, -0.2) is 32.8 Å². The summed E-state index contributed by atoms with van der Waals surface area (Å²) in [7, 11) is 0. The molecule has 0 saturated heterocycles. The number of aromatic nitrogens is 2. The first-order chi connectivity index (χ1) is 12.5. The fourth-order valence-corrected chi connectivity index (χ4v) is 3.71. The molecule has 1 saturated carbocycles. The first-order valence-corrected chi connectivity index (χ1v) is 9.19. The summed E-state index contributed by atoms with van der Waals surface area (Å²) < 4.78 is 1.66. The molecule has 1 aromatic heterocycles. The summed E-state index contributed by atoms with van der Waals surface area (Å²) in [6.07, 6.45) is 5.61. The van der Waals surface area contributed by atoms with Gasteiger partial charge in [-0.15, -0.1) is 0 Å². The molecule has 0 aliphatic heterocycles. The van der Waals surface area contributed by atoms with Crippen molar-refractivity contribution in [1.29, 1.82) is 0 Å². The predicted octanol–water partition coefficient (Wildman–Crippen LogP) is 3.60. The Hall–Kier alpha value is -2.34. The van der Waals surface area contributed by atoms with E-state index in [-0.39, 0.29) is 11.9 Å². The van der Waals surface area contributed by atoms with Crippen molar-refractivity contribution in [2.24, 2.45) is 5.92 Å². The maximum absolute atomic E-state index is 12.7. The van der Waals surface area contributed by atoms with E-state index < -0.39 is 11.9 Å². The van der Waals surface area contributed by atoms with Crippen LogP contribution in [0.2, 0.25) is 5.02 Å². The minimum Gasteiger partial charge on any atom is -0.481 e. The number of nitrogens with zero attached hydrogens (tertiary/aromatic N) is 2. The minimum atomic E-state index is -0.844. The van der Waals surface area contributed by atoms with Gasteiger partial charge in [-0.2, -0.15) is 5.10 Å². The Bertz CT molecular complexity index is 818. The van der Waals surface area contributed by atoms with E-state index in [1.54, 1.807) is 16.8 Å². The van der Waals surface area contributed by atoms with Gasteiger partial charge in [0, 0.05) is 11.1 Å². The third-order valence-electron chi connectivity index (χ3n) is 4.96. The standard InChI is InChI=1S/C19H22ClN3O3/c1-12-16(11-21-23(12)14-7-5-6-13(20)10-14)18(24)22-17-9-4-2-3-8-15(17)19(25)26/h5-7,10-11,15,17H,2-4,8-9H2,1H3,(H,22,24)(H,25,26)/t15-,17+/m1/s1. The second kappa shape index (κ2) is 7.91.